The van der Waals surface area contributed by atoms with Crippen molar-refractivity contribution in [1.82, 2.24) is 10.2 Å². The lowest BCUT2D eigenvalue weighted by molar-refractivity contribution is 0.409. The average Bonchev–Trinajstić information content (AvgIpc) is 2.93. The highest BCUT2D eigenvalue weighted by Gasteiger charge is 2.08. The standard InChI is InChI=1S/C15H13Br2N3O/c1-21-15-11(16)5-9(6-12(15)17)7-18-13-4-2-3-10-8-19-20-14(10)13/h2-6,8,18H,7H2,1H3,(H,19,20). The fraction of sp³-hybridized carbons (Fsp3) is 0.133. The number of hydrogen-bond donors (Lipinski definition) is 2. The zero-order valence-corrected chi connectivity index (χ0v) is 14.5. The molecule has 0 aliphatic carbocycles. The van der Waals surface area contributed by atoms with Gasteiger partial charge in [-0.25, -0.2) is 0 Å². The molecule has 0 spiro atoms. The van der Waals surface area contributed by atoms with Crippen molar-refractivity contribution in [2.45, 2.75) is 6.54 Å². The Morgan fingerprint density at radius 1 is 1.24 bits per heavy atom. The van der Waals surface area contributed by atoms with Crippen molar-refractivity contribution in [2.75, 3.05) is 12.4 Å². The van der Waals surface area contributed by atoms with Crippen molar-refractivity contribution >= 4 is 48.5 Å². The average molecular weight is 411 g/mol. The van der Waals surface area contributed by atoms with E-state index in [2.05, 4.69) is 47.4 Å². The van der Waals surface area contributed by atoms with Crippen LogP contribution in [0.5, 0.6) is 5.75 Å². The smallest absolute Gasteiger partial charge is 0.147 e. The van der Waals surface area contributed by atoms with Crippen molar-refractivity contribution < 1.29 is 4.74 Å². The zero-order chi connectivity index (χ0) is 14.8. The monoisotopic (exact) mass is 409 g/mol. The van der Waals surface area contributed by atoms with Crippen LogP contribution in [0.4, 0.5) is 5.69 Å². The summed E-state index contributed by atoms with van der Waals surface area (Å²) in [5.74, 6) is 0.800. The van der Waals surface area contributed by atoms with E-state index in [4.69, 9.17) is 4.74 Å². The lowest BCUT2D eigenvalue weighted by Gasteiger charge is -2.11. The van der Waals surface area contributed by atoms with E-state index in [1.54, 1.807) is 7.11 Å². The number of benzene rings is 2. The largest absolute Gasteiger partial charge is 0.494 e. The SMILES string of the molecule is COc1c(Br)cc(CNc2cccc3cn[nH]c23)cc1Br. The van der Waals surface area contributed by atoms with E-state index in [-0.39, 0.29) is 0 Å². The molecule has 0 aliphatic heterocycles. The van der Waals surface area contributed by atoms with Crippen molar-refractivity contribution in [3.05, 3.63) is 51.0 Å². The van der Waals surface area contributed by atoms with Crippen LogP contribution in [0.1, 0.15) is 5.56 Å². The Kier molecular flexibility index (Phi) is 4.17. The number of halogens is 2. The molecule has 0 atom stereocenters. The van der Waals surface area contributed by atoms with Crippen LogP contribution in [-0.4, -0.2) is 17.3 Å². The molecule has 2 N–H and O–H groups in total. The van der Waals surface area contributed by atoms with E-state index in [1.165, 1.54) is 0 Å². The lowest BCUT2D eigenvalue weighted by atomic mass is 10.2. The van der Waals surface area contributed by atoms with Crippen LogP contribution >= 0.6 is 31.9 Å². The quantitative estimate of drug-likeness (QED) is 0.654. The number of nitrogens with zero attached hydrogens (tertiary/aromatic N) is 1. The Hall–Kier alpha value is -1.53. The molecule has 0 bridgehead atoms. The Balaban J connectivity index is 1.83. The molecule has 21 heavy (non-hydrogen) atoms. The predicted octanol–water partition coefficient (Wildman–Crippen LogP) is 4.71. The summed E-state index contributed by atoms with van der Waals surface area (Å²) < 4.78 is 7.17. The van der Waals surface area contributed by atoms with Crippen LogP contribution < -0.4 is 10.1 Å². The van der Waals surface area contributed by atoms with E-state index in [1.807, 2.05) is 36.5 Å². The Bertz CT molecular complexity index is 762. The van der Waals surface area contributed by atoms with E-state index >= 15 is 0 Å². The molecule has 0 unspecified atom stereocenters. The maximum atomic E-state index is 5.31. The van der Waals surface area contributed by atoms with Crippen LogP contribution in [0.25, 0.3) is 10.9 Å². The molecule has 1 heterocycles. The summed E-state index contributed by atoms with van der Waals surface area (Å²) in [5.41, 5.74) is 3.20. The third-order valence-corrected chi connectivity index (χ3v) is 4.40. The van der Waals surface area contributed by atoms with E-state index in [0.717, 1.165) is 36.8 Å². The summed E-state index contributed by atoms with van der Waals surface area (Å²) in [6.45, 7) is 0.708. The Labute approximate surface area is 139 Å². The first kappa shape index (κ1) is 14.4. The van der Waals surface area contributed by atoms with Gasteiger partial charge < -0.3 is 10.1 Å². The summed E-state index contributed by atoms with van der Waals surface area (Å²) >= 11 is 7.04. The summed E-state index contributed by atoms with van der Waals surface area (Å²) in [6.07, 6.45) is 1.82. The molecule has 6 heteroatoms. The molecule has 108 valence electrons. The van der Waals surface area contributed by atoms with Crippen LogP contribution in [0, 0.1) is 0 Å². The van der Waals surface area contributed by atoms with Gasteiger partial charge in [-0.1, -0.05) is 12.1 Å². The predicted molar refractivity (Wildman–Crippen MR) is 91.8 cm³/mol. The number of anilines is 1. The molecule has 0 radical (unpaired) electrons. The highest BCUT2D eigenvalue weighted by molar-refractivity contribution is 9.11. The molecule has 0 saturated carbocycles. The molecule has 0 aliphatic rings. The molecule has 0 fully saturated rings. The Morgan fingerprint density at radius 3 is 2.71 bits per heavy atom. The molecule has 0 saturated heterocycles. The number of rotatable bonds is 4. The van der Waals surface area contributed by atoms with Gasteiger partial charge in [0, 0.05) is 11.9 Å². The fourth-order valence-corrected chi connectivity index (χ4v) is 3.83. The number of nitrogens with one attached hydrogen (secondary N) is 2. The molecule has 2 aromatic carbocycles. The number of aromatic amines is 1. The van der Waals surface area contributed by atoms with Crippen LogP contribution in [0.2, 0.25) is 0 Å². The minimum absolute atomic E-state index is 0.708. The topological polar surface area (TPSA) is 49.9 Å². The van der Waals surface area contributed by atoms with Crippen molar-refractivity contribution in [1.29, 1.82) is 0 Å². The van der Waals surface area contributed by atoms with Crippen LogP contribution in [0.3, 0.4) is 0 Å². The van der Waals surface area contributed by atoms with Crippen molar-refractivity contribution in [3.63, 3.8) is 0 Å². The van der Waals surface area contributed by atoms with E-state index in [9.17, 15) is 0 Å². The number of ether oxygens (including phenoxy) is 1. The third kappa shape index (κ3) is 2.91. The first-order valence-corrected chi connectivity index (χ1v) is 7.95. The van der Waals surface area contributed by atoms with Gasteiger partial charge in [0.2, 0.25) is 0 Å². The van der Waals surface area contributed by atoms with Crippen molar-refractivity contribution in [2.24, 2.45) is 0 Å². The van der Waals surface area contributed by atoms with Gasteiger partial charge in [-0.05, 0) is 55.6 Å². The molecular weight excluding hydrogens is 398 g/mol. The maximum absolute atomic E-state index is 5.31. The van der Waals surface area contributed by atoms with Gasteiger partial charge in [0.15, 0.2) is 0 Å². The maximum Gasteiger partial charge on any atom is 0.147 e. The first-order valence-electron chi connectivity index (χ1n) is 6.37. The van der Waals surface area contributed by atoms with Gasteiger partial charge in [-0.15, -0.1) is 0 Å². The summed E-state index contributed by atoms with van der Waals surface area (Å²) in [6, 6.07) is 10.2. The number of hydrogen-bond acceptors (Lipinski definition) is 3. The molecule has 4 nitrogen and oxygen atoms in total. The fourth-order valence-electron chi connectivity index (χ4n) is 2.22. The molecule has 3 aromatic rings. The number of H-pyrrole nitrogens is 1. The number of methoxy groups -OCH3 is 1. The van der Waals surface area contributed by atoms with Crippen molar-refractivity contribution in [3.8, 4) is 5.75 Å². The second kappa shape index (κ2) is 6.07. The zero-order valence-electron chi connectivity index (χ0n) is 11.3. The minimum Gasteiger partial charge on any atom is -0.494 e. The molecule has 3 rings (SSSR count). The van der Waals surface area contributed by atoms with Crippen LogP contribution in [-0.2, 0) is 6.54 Å². The first-order chi connectivity index (χ1) is 10.2. The van der Waals surface area contributed by atoms with Gasteiger partial charge in [-0.3, -0.25) is 5.10 Å². The molecule has 0 amide bonds. The Morgan fingerprint density at radius 2 is 2.00 bits per heavy atom. The van der Waals surface area contributed by atoms with Gasteiger partial charge in [0.05, 0.1) is 33.5 Å². The lowest BCUT2D eigenvalue weighted by Crippen LogP contribution is -2.01. The summed E-state index contributed by atoms with van der Waals surface area (Å²) in [5, 5.41) is 11.6. The highest BCUT2D eigenvalue weighted by atomic mass is 79.9. The third-order valence-electron chi connectivity index (χ3n) is 3.22. The molecular formula is C15H13Br2N3O. The van der Waals surface area contributed by atoms with Gasteiger partial charge >= 0.3 is 0 Å². The number of para-hydroxylation sites is 1. The van der Waals surface area contributed by atoms with Gasteiger partial charge in [0.25, 0.3) is 0 Å². The van der Waals surface area contributed by atoms with Crippen LogP contribution in [0.15, 0.2) is 45.5 Å². The van der Waals surface area contributed by atoms with E-state index in [0.29, 0.717) is 6.54 Å². The normalized spacial score (nSPS) is 10.8. The highest BCUT2D eigenvalue weighted by Crippen LogP contribution is 2.34. The van der Waals surface area contributed by atoms with Gasteiger partial charge in [-0.2, -0.15) is 5.10 Å². The molecule has 1 aromatic heterocycles. The minimum atomic E-state index is 0.708. The number of fused-ring (bicyclic) bond motifs is 1. The summed E-state index contributed by atoms with van der Waals surface area (Å²) in [7, 11) is 1.65. The number of aromatic nitrogens is 2. The summed E-state index contributed by atoms with van der Waals surface area (Å²) in [4.78, 5) is 0. The second-order valence-corrected chi connectivity index (χ2v) is 6.29. The second-order valence-electron chi connectivity index (χ2n) is 4.59. The van der Waals surface area contributed by atoms with E-state index < -0.39 is 0 Å². The van der Waals surface area contributed by atoms with Gasteiger partial charge in [0.1, 0.15) is 5.75 Å².